The highest BCUT2D eigenvalue weighted by Crippen LogP contribution is 2.31. The molecular formula is C33H27N3. The molecule has 0 saturated heterocycles. The topological polar surface area (TPSA) is 38.1 Å². The lowest BCUT2D eigenvalue weighted by molar-refractivity contribution is 1.18. The van der Waals surface area contributed by atoms with Crippen molar-refractivity contribution < 1.29 is 0 Å². The van der Waals surface area contributed by atoms with E-state index in [-0.39, 0.29) is 0 Å². The van der Waals surface area contributed by atoms with E-state index in [4.69, 9.17) is 4.99 Å². The second kappa shape index (κ2) is 12.1. The largest absolute Gasteiger partial charge is 0.253 e. The Hall–Kier alpha value is -4.81. The number of hydrogen-bond donors (Lipinski definition) is 0. The fraction of sp³-hybridized carbons (Fsp3) is 0.0606. The summed E-state index contributed by atoms with van der Waals surface area (Å²) in [7, 11) is 0. The molecule has 0 amide bonds. The van der Waals surface area contributed by atoms with E-state index in [0.717, 1.165) is 45.9 Å². The molecule has 36 heavy (non-hydrogen) atoms. The van der Waals surface area contributed by atoms with Crippen LogP contribution in [0.25, 0.3) is 22.5 Å². The molecule has 5 aromatic rings. The maximum atomic E-state index is 5.07. The van der Waals surface area contributed by atoms with Crippen molar-refractivity contribution in [1.29, 1.82) is 0 Å². The molecule has 0 fully saturated rings. The molecular weight excluding hydrogens is 438 g/mol. The van der Waals surface area contributed by atoms with Crippen LogP contribution >= 0.6 is 0 Å². The Kier molecular flexibility index (Phi) is 8.14. The molecule has 1 aromatic heterocycles. The van der Waals surface area contributed by atoms with Crippen LogP contribution in [-0.2, 0) is 6.42 Å². The van der Waals surface area contributed by atoms with Gasteiger partial charge in [0, 0.05) is 23.7 Å². The predicted molar refractivity (Wildman–Crippen MR) is 150 cm³/mol. The van der Waals surface area contributed by atoms with Crippen molar-refractivity contribution in [3.63, 3.8) is 0 Å². The van der Waals surface area contributed by atoms with Crippen molar-refractivity contribution in [3.8, 4) is 35.4 Å². The normalized spacial score (nSPS) is 10.8. The minimum Gasteiger partial charge on any atom is -0.253 e. The summed E-state index contributed by atoms with van der Waals surface area (Å²) in [6.45, 7) is 2.07. The number of nitrogens with zero attached hydrogens (tertiary/aromatic N) is 3. The van der Waals surface area contributed by atoms with Crippen LogP contribution in [0, 0.1) is 12.8 Å². The molecule has 0 N–H and O–H groups in total. The van der Waals surface area contributed by atoms with Crippen LogP contribution in [0.4, 0.5) is 5.69 Å². The van der Waals surface area contributed by atoms with Crippen LogP contribution in [0.15, 0.2) is 127 Å². The fourth-order valence-electron chi connectivity index (χ4n) is 4.00. The highest BCUT2D eigenvalue weighted by Gasteiger charge is 2.09. The molecule has 0 aliphatic heterocycles. The Labute approximate surface area is 213 Å². The highest BCUT2D eigenvalue weighted by atomic mass is 14.8. The van der Waals surface area contributed by atoms with Gasteiger partial charge in [-0.25, -0.2) is 9.97 Å². The van der Waals surface area contributed by atoms with Crippen LogP contribution in [0.1, 0.15) is 23.6 Å². The van der Waals surface area contributed by atoms with E-state index in [1.165, 1.54) is 11.1 Å². The van der Waals surface area contributed by atoms with Crippen LogP contribution in [0.5, 0.6) is 0 Å². The number of hydrogen-bond acceptors (Lipinski definition) is 3. The first-order valence-corrected chi connectivity index (χ1v) is 11.7. The number of terminal acetylenes is 1. The third-order valence-corrected chi connectivity index (χ3v) is 5.84. The third-order valence-electron chi connectivity index (χ3n) is 5.84. The molecule has 5 rings (SSSR count). The van der Waals surface area contributed by atoms with E-state index in [9.17, 15) is 0 Å². The lowest BCUT2D eigenvalue weighted by atomic mass is 9.97. The SMILES string of the molecule is C#C.CC(=Nc1cc(-c2ccc(-c3ncccn3)cc2)ccc1Cc1ccccc1)c1ccccc1. The second-order valence-corrected chi connectivity index (χ2v) is 8.22. The minimum absolute atomic E-state index is 0.732. The second-order valence-electron chi connectivity index (χ2n) is 8.22. The van der Waals surface area contributed by atoms with Gasteiger partial charge in [-0.2, -0.15) is 0 Å². The molecule has 0 aliphatic carbocycles. The van der Waals surface area contributed by atoms with Crippen LogP contribution in [0.2, 0.25) is 0 Å². The van der Waals surface area contributed by atoms with E-state index in [1.54, 1.807) is 12.4 Å². The molecule has 3 heteroatoms. The van der Waals surface area contributed by atoms with Gasteiger partial charge in [-0.3, -0.25) is 4.99 Å². The standard InChI is InChI=1S/C31H25N3.C2H2/c1-23(25-11-6-3-7-12-25)34-30-22-28(17-18-29(30)21-24-9-4-2-5-10-24)26-13-15-27(16-14-26)31-32-19-8-20-33-31;1-2/h2-20,22H,21H2,1H3;1-2H. The lowest BCUT2D eigenvalue weighted by Gasteiger charge is -2.11. The van der Waals surface area contributed by atoms with Gasteiger partial charge in [0.1, 0.15) is 0 Å². The average Bonchev–Trinajstić information content (AvgIpc) is 2.96. The summed E-state index contributed by atoms with van der Waals surface area (Å²) >= 11 is 0. The molecule has 174 valence electrons. The van der Waals surface area contributed by atoms with Crippen molar-refractivity contribution in [2.75, 3.05) is 0 Å². The first kappa shape index (κ1) is 24.3. The fourth-order valence-corrected chi connectivity index (χ4v) is 4.00. The first-order valence-electron chi connectivity index (χ1n) is 11.7. The smallest absolute Gasteiger partial charge is 0.159 e. The van der Waals surface area contributed by atoms with Crippen molar-refractivity contribution >= 4 is 11.4 Å². The van der Waals surface area contributed by atoms with Crippen molar-refractivity contribution in [2.45, 2.75) is 13.3 Å². The van der Waals surface area contributed by atoms with Gasteiger partial charge in [0.05, 0.1) is 5.69 Å². The zero-order chi connectivity index (χ0) is 25.2. The maximum absolute atomic E-state index is 5.07. The summed E-state index contributed by atoms with van der Waals surface area (Å²) < 4.78 is 0. The molecule has 1 heterocycles. The van der Waals surface area contributed by atoms with E-state index < -0.39 is 0 Å². The Morgan fingerprint density at radius 1 is 0.667 bits per heavy atom. The molecule has 0 spiro atoms. The van der Waals surface area contributed by atoms with Crippen LogP contribution < -0.4 is 0 Å². The number of aromatic nitrogens is 2. The number of aliphatic imine (C=N–C) groups is 1. The van der Waals surface area contributed by atoms with Gasteiger partial charge < -0.3 is 0 Å². The monoisotopic (exact) mass is 465 g/mol. The highest BCUT2D eigenvalue weighted by molar-refractivity contribution is 6.00. The zero-order valence-corrected chi connectivity index (χ0v) is 20.3. The first-order chi connectivity index (χ1) is 17.8. The van der Waals surface area contributed by atoms with Crippen LogP contribution in [0.3, 0.4) is 0 Å². The Morgan fingerprint density at radius 2 is 1.25 bits per heavy atom. The van der Waals surface area contributed by atoms with Crippen molar-refractivity contribution in [1.82, 2.24) is 9.97 Å². The van der Waals surface area contributed by atoms with Gasteiger partial charge in [-0.05, 0) is 53.3 Å². The average molecular weight is 466 g/mol. The molecule has 0 bridgehead atoms. The quantitative estimate of drug-likeness (QED) is 0.190. The van der Waals surface area contributed by atoms with Gasteiger partial charge >= 0.3 is 0 Å². The molecule has 0 saturated carbocycles. The number of rotatable bonds is 6. The Morgan fingerprint density at radius 3 is 1.92 bits per heavy atom. The molecule has 0 aliphatic rings. The summed E-state index contributed by atoms with van der Waals surface area (Å²) in [5.74, 6) is 0.732. The number of benzene rings is 4. The molecule has 0 unspecified atom stereocenters. The lowest BCUT2D eigenvalue weighted by Crippen LogP contribution is -1.95. The van der Waals surface area contributed by atoms with Gasteiger partial charge in [-0.15, -0.1) is 12.8 Å². The van der Waals surface area contributed by atoms with Gasteiger partial charge in [-0.1, -0.05) is 97.1 Å². The molecule has 0 atom stereocenters. The van der Waals surface area contributed by atoms with E-state index in [0.29, 0.717) is 0 Å². The summed E-state index contributed by atoms with van der Waals surface area (Å²) in [6.07, 6.45) is 12.4. The zero-order valence-electron chi connectivity index (χ0n) is 20.3. The summed E-state index contributed by atoms with van der Waals surface area (Å²) in [4.78, 5) is 13.8. The van der Waals surface area contributed by atoms with E-state index >= 15 is 0 Å². The summed E-state index contributed by atoms with van der Waals surface area (Å²) in [5, 5.41) is 0. The minimum atomic E-state index is 0.732. The summed E-state index contributed by atoms with van der Waals surface area (Å²) in [5.41, 5.74) is 8.89. The van der Waals surface area contributed by atoms with Crippen LogP contribution in [-0.4, -0.2) is 15.7 Å². The van der Waals surface area contributed by atoms with Crippen molar-refractivity contribution in [2.24, 2.45) is 4.99 Å². The maximum Gasteiger partial charge on any atom is 0.159 e. The van der Waals surface area contributed by atoms with E-state index in [1.807, 2.05) is 24.3 Å². The predicted octanol–water partition coefficient (Wildman–Crippen LogP) is 7.79. The summed E-state index contributed by atoms with van der Waals surface area (Å²) in [6, 6.07) is 37.7. The Balaban J connectivity index is 0.00000148. The van der Waals surface area contributed by atoms with Gasteiger partial charge in [0.15, 0.2) is 5.82 Å². The van der Waals surface area contributed by atoms with Gasteiger partial charge in [0.2, 0.25) is 0 Å². The van der Waals surface area contributed by atoms with Gasteiger partial charge in [0.25, 0.3) is 0 Å². The molecule has 0 radical (unpaired) electrons. The van der Waals surface area contributed by atoms with E-state index in [2.05, 4.69) is 115 Å². The third kappa shape index (κ3) is 6.00. The molecule has 3 nitrogen and oxygen atoms in total. The Bertz CT molecular complexity index is 1440. The molecule has 4 aromatic carbocycles. The van der Waals surface area contributed by atoms with Crippen molar-refractivity contribution in [3.05, 3.63) is 138 Å².